The van der Waals surface area contributed by atoms with E-state index in [0.29, 0.717) is 12.1 Å². The van der Waals surface area contributed by atoms with Crippen molar-refractivity contribution in [2.45, 2.75) is 6.42 Å². The van der Waals surface area contributed by atoms with Gasteiger partial charge in [0.25, 0.3) is 5.91 Å². The van der Waals surface area contributed by atoms with E-state index in [1.807, 2.05) is 22.2 Å². The lowest BCUT2D eigenvalue weighted by atomic mass is 10.2. The van der Waals surface area contributed by atoms with Gasteiger partial charge < -0.3 is 5.32 Å². The van der Waals surface area contributed by atoms with Crippen LogP contribution in [0.25, 0.3) is 4.96 Å². The zero-order valence-corrected chi connectivity index (χ0v) is 10.9. The van der Waals surface area contributed by atoms with Gasteiger partial charge in [-0.1, -0.05) is 0 Å². The first-order valence-electron chi connectivity index (χ1n) is 5.92. The van der Waals surface area contributed by atoms with Gasteiger partial charge in [-0.3, -0.25) is 14.2 Å². The second-order valence-corrected chi connectivity index (χ2v) is 4.95. The normalized spacial score (nSPS) is 10.7. The van der Waals surface area contributed by atoms with Gasteiger partial charge in [-0.15, -0.1) is 11.3 Å². The van der Waals surface area contributed by atoms with Gasteiger partial charge in [-0.25, -0.2) is 4.98 Å². The molecule has 0 aromatic carbocycles. The number of thiazole rings is 1. The Labute approximate surface area is 113 Å². The molecular formula is C13H12N4OS. The van der Waals surface area contributed by atoms with E-state index < -0.39 is 0 Å². The molecule has 6 heteroatoms. The van der Waals surface area contributed by atoms with Crippen LogP contribution in [0.5, 0.6) is 0 Å². The molecule has 0 atom stereocenters. The number of carbonyl (C=O) groups excluding carboxylic acids is 1. The molecule has 0 aliphatic heterocycles. The van der Waals surface area contributed by atoms with Gasteiger partial charge in [0.15, 0.2) is 4.96 Å². The predicted molar refractivity (Wildman–Crippen MR) is 73.3 cm³/mol. The second-order valence-electron chi connectivity index (χ2n) is 4.07. The molecule has 0 spiro atoms. The number of fused-ring (bicyclic) bond motifs is 1. The molecule has 0 unspecified atom stereocenters. The number of hydrogen-bond donors (Lipinski definition) is 1. The number of hydrogen-bond acceptors (Lipinski definition) is 4. The molecule has 0 aliphatic carbocycles. The lowest BCUT2D eigenvalue weighted by Gasteiger charge is -2.02. The Kier molecular flexibility index (Phi) is 3.24. The number of nitrogens with zero attached hydrogens (tertiary/aromatic N) is 3. The van der Waals surface area contributed by atoms with Gasteiger partial charge in [0.2, 0.25) is 0 Å². The molecular weight excluding hydrogens is 260 g/mol. The summed E-state index contributed by atoms with van der Waals surface area (Å²) in [5, 5.41) is 4.86. The van der Waals surface area contributed by atoms with Crippen LogP contribution < -0.4 is 5.32 Å². The number of amides is 1. The molecule has 19 heavy (non-hydrogen) atoms. The topological polar surface area (TPSA) is 59.3 Å². The number of nitrogens with one attached hydrogen (secondary N) is 1. The minimum atomic E-state index is -0.103. The zero-order valence-electron chi connectivity index (χ0n) is 10.1. The Balaban J connectivity index is 1.56. The van der Waals surface area contributed by atoms with E-state index in [-0.39, 0.29) is 5.91 Å². The lowest BCUT2D eigenvalue weighted by molar-refractivity contribution is 0.0953. The summed E-state index contributed by atoms with van der Waals surface area (Å²) < 4.78 is 1.99. The monoisotopic (exact) mass is 272 g/mol. The molecule has 3 heterocycles. The molecule has 0 aliphatic rings. The van der Waals surface area contributed by atoms with Gasteiger partial charge >= 0.3 is 0 Å². The van der Waals surface area contributed by atoms with Gasteiger partial charge in [0, 0.05) is 43.1 Å². The van der Waals surface area contributed by atoms with Crippen LogP contribution in [0.4, 0.5) is 0 Å². The van der Waals surface area contributed by atoms with Crippen molar-refractivity contribution >= 4 is 22.2 Å². The van der Waals surface area contributed by atoms with E-state index in [0.717, 1.165) is 17.1 Å². The molecule has 1 amide bonds. The van der Waals surface area contributed by atoms with Crippen LogP contribution in [0.2, 0.25) is 0 Å². The van der Waals surface area contributed by atoms with Crippen molar-refractivity contribution in [1.29, 1.82) is 0 Å². The Morgan fingerprint density at radius 1 is 1.47 bits per heavy atom. The highest BCUT2D eigenvalue weighted by molar-refractivity contribution is 7.15. The third-order valence-electron chi connectivity index (χ3n) is 2.73. The minimum Gasteiger partial charge on any atom is -0.352 e. The van der Waals surface area contributed by atoms with Gasteiger partial charge in [-0.05, 0) is 12.1 Å². The Hall–Kier alpha value is -2.21. The molecule has 96 valence electrons. The number of aromatic nitrogens is 3. The fraction of sp³-hybridized carbons (Fsp3) is 0.154. The van der Waals surface area contributed by atoms with Crippen LogP contribution in [-0.2, 0) is 6.42 Å². The zero-order chi connectivity index (χ0) is 13.1. The Morgan fingerprint density at radius 3 is 3.21 bits per heavy atom. The average molecular weight is 272 g/mol. The number of rotatable bonds is 4. The maximum Gasteiger partial charge on any atom is 0.252 e. The number of pyridine rings is 1. The largest absolute Gasteiger partial charge is 0.352 e. The summed E-state index contributed by atoms with van der Waals surface area (Å²) in [4.78, 5) is 21.1. The number of carbonyl (C=O) groups is 1. The third kappa shape index (κ3) is 2.63. The standard InChI is InChI=1S/C13H12N4OS/c18-12(10-2-1-4-14-8-10)15-5-3-11-9-17-6-7-19-13(17)16-11/h1-2,4,6-9H,3,5H2,(H,15,18). The van der Waals surface area contributed by atoms with Crippen LogP contribution in [0.15, 0.2) is 42.3 Å². The van der Waals surface area contributed by atoms with Crippen LogP contribution >= 0.6 is 11.3 Å². The quantitative estimate of drug-likeness (QED) is 0.787. The van der Waals surface area contributed by atoms with Gasteiger partial charge in [0.1, 0.15) is 0 Å². The van der Waals surface area contributed by atoms with Gasteiger partial charge in [0.05, 0.1) is 11.3 Å². The molecule has 3 aromatic heterocycles. The molecule has 1 N–H and O–H groups in total. The summed E-state index contributed by atoms with van der Waals surface area (Å²) in [5.41, 5.74) is 1.56. The Morgan fingerprint density at radius 2 is 2.42 bits per heavy atom. The van der Waals surface area contributed by atoms with Crippen LogP contribution in [0.3, 0.4) is 0 Å². The maximum absolute atomic E-state index is 11.8. The predicted octanol–water partition coefficient (Wildman–Crippen LogP) is 1.76. The first-order chi connectivity index (χ1) is 9.33. The molecule has 3 rings (SSSR count). The highest BCUT2D eigenvalue weighted by Crippen LogP contribution is 2.11. The van der Waals surface area contributed by atoms with Crippen LogP contribution in [0, 0.1) is 0 Å². The smallest absolute Gasteiger partial charge is 0.252 e. The van der Waals surface area contributed by atoms with E-state index in [4.69, 9.17) is 0 Å². The van der Waals surface area contributed by atoms with E-state index in [1.54, 1.807) is 35.9 Å². The van der Waals surface area contributed by atoms with E-state index >= 15 is 0 Å². The first kappa shape index (κ1) is 11.9. The molecule has 5 nitrogen and oxygen atoms in total. The van der Waals surface area contributed by atoms with E-state index in [9.17, 15) is 4.79 Å². The molecule has 0 bridgehead atoms. The van der Waals surface area contributed by atoms with E-state index in [2.05, 4.69) is 15.3 Å². The summed E-state index contributed by atoms with van der Waals surface area (Å²) in [6.45, 7) is 0.568. The van der Waals surface area contributed by atoms with Crippen molar-refractivity contribution in [2.24, 2.45) is 0 Å². The van der Waals surface area contributed by atoms with Crippen molar-refractivity contribution in [2.75, 3.05) is 6.54 Å². The molecule has 3 aromatic rings. The van der Waals surface area contributed by atoms with Gasteiger partial charge in [-0.2, -0.15) is 0 Å². The highest BCUT2D eigenvalue weighted by atomic mass is 32.1. The lowest BCUT2D eigenvalue weighted by Crippen LogP contribution is -2.25. The van der Waals surface area contributed by atoms with Crippen molar-refractivity contribution in [3.05, 3.63) is 53.6 Å². The molecule has 0 saturated carbocycles. The molecule has 0 radical (unpaired) electrons. The van der Waals surface area contributed by atoms with Crippen LogP contribution in [0.1, 0.15) is 16.1 Å². The highest BCUT2D eigenvalue weighted by Gasteiger charge is 2.06. The fourth-order valence-corrected chi connectivity index (χ4v) is 2.52. The van der Waals surface area contributed by atoms with Crippen molar-refractivity contribution in [3.63, 3.8) is 0 Å². The van der Waals surface area contributed by atoms with E-state index in [1.165, 1.54) is 0 Å². The maximum atomic E-state index is 11.8. The third-order valence-corrected chi connectivity index (χ3v) is 3.50. The summed E-state index contributed by atoms with van der Waals surface area (Å²) in [5.74, 6) is -0.103. The van der Waals surface area contributed by atoms with Crippen molar-refractivity contribution < 1.29 is 4.79 Å². The van der Waals surface area contributed by atoms with Crippen molar-refractivity contribution in [3.8, 4) is 0 Å². The second kappa shape index (κ2) is 5.19. The Bertz CT molecular complexity index is 660. The SMILES string of the molecule is O=C(NCCc1cn2ccsc2n1)c1cccnc1. The minimum absolute atomic E-state index is 0.103. The summed E-state index contributed by atoms with van der Waals surface area (Å²) in [7, 11) is 0. The fourth-order valence-electron chi connectivity index (χ4n) is 1.80. The molecule has 0 saturated heterocycles. The van der Waals surface area contributed by atoms with Crippen molar-refractivity contribution in [1.82, 2.24) is 19.7 Å². The molecule has 0 fully saturated rings. The average Bonchev–Trinajstić information content (AvgIpc) is 3.00. The summed E-state index contributed by atoms with van der Waals surface area (Å²) in [6.07, 6.45) is 7.89. The first-order valence-corrected chi connectivity index (χ1v) is 6.80. The summed E-state index contributed by atoms with van der Waals surface area (Å²) in [6, 6.07) is 3.49. The number of imidazole rings is 1. The van der Waals surface area contributed by atoms with Crippen LogP contribution in [-0.4, -0.2) is 26.8 Å². The summed E-state index contributed by atoms with van der Waals surface area (Å²) >= 11 is 1.60.